The summed E-state index contributed by atoms with van der Waals surface area (Å²) in [6.07, 6.45) is -0.482. The highest BCUT2D eigenvalue weighted by Crippen LogP contribution is 2.22. The Kier molecular flexibility index (Phi) is 7.13. The number of carbonyl (C=O) groups excluding carboxylic acids is 1. The first-order valence-electron chi connectivity index (χ1n) is 10.7. The summed E-state index contributed by atoms with van der Waals surface area (Å²) in [5.74, 6) is -1.56. The molecule has 4 aromatic rings. The monoisotopic (exact) mass is 459 g/mol. The van der Waals surface area contributed by atoms with Gasteiger partial charge in [-0.15, -0.1) is 0 Å². The molecule has 172 valence electrons. The molecule has 3 aromatic carbocycles. The van der Waals surface area contributed by atoms with Crippen LogP contribution in [0, 0.1) is 5.82 Å². The average Bonchev–Trinajstić information content (AvgIpc) is 2.85. The van der Waals surface area contributed by atoms with Gasteiger partial charge in [0, 0.05) is 17.4 Å². The van der Waals surface area contributed by atoms with Gasteiger partial charge in [-0.1, -0.05) is 36.4 Å². The minimum absolute atomic E-state index is 0.00136. The zero-order valence-electron chi connectivity index (χ0n) is 18.2. The lowest BCUT2D eigenvalue weighted by atomic mass is 10.1. The van der Waals surface area contributed by atoms with Crippen LogP contribution in [-0.2, 0) is 18.0 Å². The molecular weight excluding hydrogens is 437 g/mol. The Morgan fingerprint density at radius 1 is 0.853 bits per heavy atom. The zero-order chi connectivity index (χ0) is 23.9. The number of pyridine rings is 1. The van der Waals surface area contributed by atoms with Crippen LogP contribution in [0.1, 0.15) is 34.5 Å². The molecule has 1 aromatic heterocycles. The number of fused-ring (bicyclic) bond motifs is 1. The lowest BCUT2D eigenvalue weighted by molar-refractivity contribution is -0.136. The zero-order valence-corrected chi connectivity index (χ0v) is 18.2. The molecule has 7 heteroatoms. The van der Waals surface area contributed by atoms with Gasteiger partial charge in [-0.3, -0.25) is 9.59 Å². The van der Waals surface area contributed by atoms with Crippen LogP contribution in [0.2, 0.25) is 0 Å². The molecule has 0 saturated heterocycles. The van der Waals surface area contributed by atoms with Crippen molar-refractivity contribution in [3.63, 3.8) is 0 Å². The van der Waals surface area contributed by atoms with Crippen molar-refractivity contribution in [2.24, 2.45) is 0 Å². The van der Waals surface area contributed by atoms with Gasteiger partial charge in [-0.25, -0.2) is 9.37 Å². The standard InChI is InChI=1S/C27H22FNO5/c28-23-15-20(25(30)11-13-27(31)32)9-12-26(23)34-16-18-4-3-6-22(14-18)33-17-21-10-8-19-5-1-2-7-24(19)29-21/h1-10,12,14-15H,11,13,16-17H2,(H,31,32). The first-order chi connectivity index (χ1) is 16.5. The maximum absolute atomic E-state index is 14.4. The number of rotatable bonds is 10. The minimum atomic E-state index is -1.08. The number of hydrogen-bond acceptors (Lipinski definition) is 5. The number of benzene rings is 3. The summed E-state index contributed by atoms with van der Waals surface area (Å²) in [5.41, 5.74) is 2.61. The van der Waals surface area contributed by atoms with Crippen LogP contribution in [0.5, 0.6) is 11.5 Å². The predicted octanol–water partition coefficient (Wildman–Crippen LogP) is 5.58. The van der Waals surface area contributed by atoms with Crippen molar-refractivity contribution < 1.29 is 28.6 Å². The second-order valence-corrected chi connectivity index (χ2v) is 7.68. The maximum atomic E-state index is 14.4. The smallest absolute Gasteiger partial charge is 0.303 e. The second kappa shape index (κ2) is 10.6. The van der Waals surface area contributed by atoms with Crippen molar-refractivity contribution in [2.75, 3.05) is 0 Å². The van der Waals surface area contributed by atoms with E-state index in [1.54, 1.807) is 0 Å². The maximum Gasteiger partial charge on any atom is 0.303 e. The number of carboxylic acid groups (broad SMARTS) is 1. The second-order valence-electron chi connectivity index (χ2n) is 7.68. The Bertz CT molecular complexity index is 1340. The van der Waals surface area contributed by atoms with Crippen molar-refractivity contribution >= 4 is 22.7 Å². The van der Waals surface area contributed by atoms with E-state index in [2.05, 4.69) is 4.98 Å². The van der Waals surface area contributed by atoms with E-state index >= 15 is 0 Å². The highest BCUT2D eigenvalue weighted by molar-refractivity contribution is 5.97. The summed E-state index contributed by atoms with van der Waals surface area (Å²) >= 11 is 0. The third-order valence-electron chi connectivity index (χ3n) is 5.16. The van der Waals surface area contributed by atoms with Crippen LogP contribution < -0.4 is 9.47 Å². The van der Waals surface area contributed by atoms with Crippen molar-refractivity contribution in [1.82, 2.24) is 4.98 Å². The molecule has 1 N–H and O–H groups in total. The molecule has 4 rings (SSSR count). The summed E-state index contributed by atoms with van der Waals surface area (Å²) in [7, 11) is 0. The number of aromatic nitrogens is 1. The van der Waals surface area contributed by atoms with E-state index in [4.69, 9.17) is 14.6 Å². The Balaban J connectivity index is 1.35. The molecular formula is C27H22FNO5. The number of nitrogens with zero attached hydrogens (tertiary/aromatic N) is 1. The van der Waals surface area contributed by atoms with Gasteiger partial charge in [0.15, 0.2) is 17.3 Å². The highest BCUT2D eigenvalue weighted by atomic mass is 19.1. The van der Waals surface area contributed by atoms with Crippen LogP contribution >= 0.6 is 0 Å². The number of para-hydroxylation sites is 1. The van der Waals surface area contributed by atoms with Crippen molar-refractivity contribution in [3.05, 3.63) is 102 Å². The van der Waals surface area contributed by atoms with Crippen LogP contribution in [0.3, 0.4) is 0 Å². The van der Waals surface area contributed by atoms with Gasteiger partial charge in [0.05, 0.1) is 17.6 Å². The fourth-order valence-corrected chi connectivity index (χ4v) is 3.39. The van der Waals surface area contributed by atoms with Crippen LogP contribution in [0.15, 0.2) is 78.9 Å². The summed E-state index contributed by atoms with van der Waals surface area (Å²) in [6.45, 7) is 0.412. The molecule has 0 aliphatic rings. The lowest BCUT2D eigenvalue weighted by Crippen LogP contribution is -2.05. The van der Waals surface area contributed by atoms with Gasteiger partial charge in [-0.2, -0.15) is 0 Å². The molecule has 0 saturated carbocycles. The molecule has 1 heterocycles. The van der Waals surface area contributed by atoms with E-state index in [9.17, 15) is 14.0 Å². The molecule has 34 heavy (non-hydrogen) atoms. The summed E-state index contributed by atoms with van der Waals surface area (Å²) in [6, 6.07) is 22.9. The van der Waals surface area contributed by atoms with Crippen LogP contribution in [0.4, 0.5) is 4.39 Å². The van der Waals surface area contributed by atoms with Crippen LogP contribution in [0.25, 0.3) is 10.9 Å². The molecule has 0 aliphatic heterocycles. The summed E-state index contributed by atoms with van der Waals surface area (Å²) < 4.78 is 25.8. The van der Waals surface area contributed by atoms with Crippen molar-refractivity contribution in [3.8, 4) is 11.5 Å². The molecule has 0 atom stereocenters. The van der Waals surface area contributed by atoms with Crippen molar-refractivity contribution in [2.45, 2.75) is 26.1 Å². The Morgan fingerprint density at radius 3 is 2.53 bits per heavy atom. The number of hydrogen-bond donors (Lipinski definition) is 1. The largest absolute Gasteiger partial charge is 0.487 e. The number of ether oxygens (including phenoxy) is 2. The topological polar surface area (TPSA) is 85.7 Å². The van der Waals surface area contributed by atoms with E-state index in [1.165, 1.54) is 12.1 Å². The number of carboxylic acids is 1. The number of carbonyl (C=O) groups is 2. The number of ketones is 1. The molecule has 0 amide bonds. The average molecular weight is 459 g/mol. The Morgan fingerprint density at radius 2 is 1.71 bits per heavy atom. The van der Waals surface area contributed by atoms with E-state index in [1.807, 2.05) is 60.7 Å². The lowest BCUT2D eigenvalue weighted by Gasteiger charge is -2.11. The number of Topliss-reactive ketones (excluding diaryl/α,β-unsaturated/α-hetero) is 1. The fourth-order valence-electron chi connectivity index (χ4n) is 3.39. The van der Waals surface area contributed by atoms with E-state index in [-0.39, 0.29) is 30.8 Å². The molecule has 0 spiro atoms. The Hall–Kier alpha value is -4.26. The normalized spacial score (nSPS) is 10.7. The van der Waals surface area contributed by atoms with E-state index < -0.39 is 17.6 Å². The van der Waals surface area contributed by atoms with E-state index in [0.29, 0.717) is 12.4 Å². The quantitative estimate of drug-likeness (QED) is 0.312. The first kappa shape index (κ1) is 22.9. The van der Waals surface area contributed by atoms with Gasteiger partial charge < -0.3 is 14.6 Å². The van der Waals surface area contributed by atoms with Gasteiger partial charge in [-0.05, 0) is 48.0 Å². The predicted molar refractivity (Wildman–Crippen MR) is 124 cm³/mol. The molecule has 0 fully saturated rings. The number of aliphatic carboxylic acids is 1. The molecule has 0 bridgehead atoms. The SMILES string of the molecule is O=C(O)CCC(=O)c1ccc(OCc2cccc(OCc3ccc4ccccc4n3)c2)c(F)c1. The summed E-state index contributed by atoms with van der Waals surface area (Å²) in [5, 5.41) is 9.74. The van der Waals surface area contributed by atoms with Gasteiger partial charge in [0.1, 0.15) is 19.0 Å². The fraction of sp³-hybridized carbons (Fsp3) is 0.148. The molecule has 6 nitrogen and oxygen atoms in total. The van der Waals surface area contributed by atoms with Crippen LogP contribution in [-0.4, -0.2) is 21.8 Å². The number of halogens is 1. The van der Waals surface area contributed by atoms with E-state index in [0.717, 1.165) is 28.2 Å². The van der Waals surface area contributed by atoms with Gasteiger partial charge in [0.2, 0.25) is 0 Å². The highest BCUT2D eigenvalue weighted by Gasteiger charge is 2.12. The van der Waals surface area contributed by atoms with Crippen molar-refractivity contribution in [1.29, 1.82) is 0 Å². The Labute approximate surface area is 195 Å². The molecule has 0 unspecified atom stereocenters. The van der Waals surface area contributed by atoms with Gasteiger partial charge >= 0.3 is 5.97 Å². The molecule has 0 radical (unpaired) electrons. The minimum Gasteiger partial charge on any atom is -0.487 e. The van der Waals surface area contributed by atoms with Gasteiger partial charge in [0.25, 0.3) is 0 Å². The first-order valence-corrected chi connectivity index (χ1v) is 10.7. The summed E-state index contributed by atoms with van der Waals surface area (Å²) in [4.78, 5) is 27.2. The molecule has 0 aliphatic carbocycles. The third kappa shape index (κ3) is 5.95. The third-order valence-corrected chi connectivity index (χ3v) is 5.16.